The third-order valence-corrected chi connectivity index (χ3v) is 4.79. The topological polar surface area (TPSA) is 52.5 Å². The van der Waals surface area contributed by atoms with Gasteiger partial charge >= 0.3 is 0 Å². The van der Waals surface area contributed by atoms with Crippen molar-refractivity contribution in [2.24, 2.45) is 15.9 Å². The van der Waals surface area contributed by atoms with Crippen molar-refractivity contribution in [3.8, 4) is 0 Å². The van der Waals surface area contributed by atoms with Crippen molar-refractivity contribution in [3.63, 3.8) is 0 Å². The molecule has 2 heterocycles. The fraction of sp³-hybridized carbons (Fsp3) is 0.333. The van der Waals surface area contributed by atoms with Gasteiger partial charge in [-0.05, 0) is 49.6 Å². The molecule has 0 amide bonds. The van der Waals surface area contributed by atoms with Gasteiger partial charge in [0.15, 0.2) is 0 Å². The Bertz CT molecular complexity index is 878. The van der Waals surface area contributed by atoms with E-state index in [2.05, 4.69) is 63.6 Å². The molecule has 1 aliphatic carbocycles. The predicted molar refractivity (Wildman–Crippen MR) is 105 cm³/mol. The summed E-state index contributed by atoms with van der Waals surface area (Å²) in [5.41, 5.74) is 5.39. The van der Waals surface area contributed by atoms with Gasteiger partial charge in [0.25, 0.3) is 0 Å². The van der Waals surface area contributed by atoms with Gasteiger partial charge in [-0.2, -0.15) is 0 Å². The van der Waals surface area contributed by atoms with Crippen molar-refractivity contribution < 1.29 is 0 Å². The Hall–Kier alpha value is -2.62. The summed E-state index contributed by atoms with van der Waals surface area (Å²) < 4.78 is 0. The normalized spacial score (nSPS) is 19.5. The molecular formula is C21H24N4. The predicted octanol–water partition coefficient (Wildman–Crippen LogP) is 4.22. The summed E-state index contributed by atoms with van der Waals surface area (Å²) in [6.07, 6.45) is 12.1. The highest BCUT2D eigenvalue weighted by Gasteiger charge is 2.19. The zero-order chi connectivity index (χ0) is 17.1. The van der Waals surface area contributed by atoms with Crippen LogP contribution in [-0.4, -0.2) is 30.0 Å². The number of fused-ring (bicyclic) bond motifs is 1. The molecule has 2 aromatic rings. The van der Waals surface area contributed by atoms with Crippen LogP contribution < -0.4 is 5.32 Å². The summed E-state index contributed by atoms with van der Waals surface area (Å²) in [5, 5.41) is 4.67. The van der Waals surface area contributed by atoms with Crippen LogP contribution in [0, 0.1) is 5.92 Å². The van der Waals surface area contributed by atoms with Gasteiger partial charge < -0.3 is 10.3 Å². The van der Waals surface area contributed by atoms with E-state index in [1.807, 2.05) is 12.4 Å². The van der Waals surface area contributed by atoms with Crippen LogP contribution in [0.1, 0.15) is 31.7 Å². The van der Waals surface area contributed by atoms with Crippen molar-refractivity contribution >= 4 is 22.8 Å². The number of aromatic nitrogens is 1. The summed E-state index contributed by atoms with van der Waals surface area (Å²) in [6, 6.07) is 8.41. The lowest BCUT2D eigenvalue weighted by atomic mass is 10.1. The highest BCUT2D eigenvalue weighted by Crippen LogP contribution is 2.31. The lowest BCUT2D eigenvalue weighted by molar-refractivity contribution is 0.667. The maximum absolute atomic E-state index is 4.68. The van der Waals surface area contributed by atoms with Gasteiger partial charge in [0.1, 0.15) is 0 Å². The number of hydrogen-bond acceptors (Lipinski definition) is 3. The van der Waals surface area contributed by atoms with Gasteiger partial charge in [0.2, 0.25) is 0 Å². The first-order valence-electron chi connectivity index (χ1n) is 9.05. The maximum atomic E-state index is 4.68. The van der Waals surface area contributed by atoms with Crippen molar-refractivity contribution in [1.82, 2.24) is 10.3 Å². The molecule has 4 heteroatoms. The van der Waals surface area contributed by atoms with Crippen LogP contribution in [-0.2, 0) is 0 Å². The number of H-pyrrole nitrogens is 1. The molecule has 1 saturated carbocycles. The molecule has 0 saturated heterocycles. The second kappa shape index (κ2) is 7.09. The largest absolute Gasteiger partial charge is 0.389 e. The van der Waals surface area contributed by atoms with E-state index in [-0.39, 0.29) is 0 Å². The number of aliphatic imine (C=N–C) groups is 2. The Morgan fingerprint density at radius 2 is 2.24 bits per heavy atom. The van der Waals surface area contributed by atoms with E-state index in [4.69, 9.17) is 0 Å². The minimum absolute atomic E-state index is 0.628. The van der Waals surface area contributed by atoms with E-state index in [0.29, 0.717) is 6.54 Å². The van der Waals surface area contributed by atoms with Crippen LogP contribution in [0.15, 0.2) is 64.0 Å². The van der Waals surface area contributed by atoms with Crippen molar-refractivity contribution in [3.05, 3.63) is 59.6 Å². The zero-order valence-electron chi connectivity index (χ0n) is 14.6. The van der Waals surface area contributed by atoms with Crippen LogP contribution in [0.4, 0.5) is 0 Å². The average molecular weight is 332 g/mol. The molecular weight excluding hydrogens is 308 g/mol. The number of benzene rings is 1. The highest BCUT2D eigenvalue weighted by atomic mass is 14.9. The molecule has 0 unspecified atom stereocenters. The fourth-order valence-corrected chi connectivity index (χ4v) is 3.03. The molecule has 0 atom stereocenters. The third-order valence-electron chi connectivity index (χ3n) is 4.79. The Labute approximate surface area is 148 Å². The lowest BCUT2D eigenvalue weighted by Gasteiger charge is -2.09. The van der Waals surface area contributed by atoms with Crippen molar-refractivity contribution in [2.75, 3.05) is 13.1 Å². The fourth-order valence-electron chi connectivity index (χ4n) is 3.03. The molecule has 0 radical (unpaired) electrons. The van der Waals surface area contributed by atoms with E-state index in [0.717, 1.165) is 35.0 Å². The Balaban J connectivity index is 1.36. The van der Waals surface area contributed by atoms with E-state index in [1.165, 1.54) is 30.3 Å². The average Bonchev–Trinajstić information content (AvgIpc) is 3.34. The summed E-state index contributed by atoms with van der Waals surface area (Å²) >= 11 is 0. The van der Waals surface area contributed by atoms with Crippen LogP contribution in [0.2, 0.25) is 0 Å². The van der Waals surface area contributed by atoms with Crippen LogP contribution in [0.5, 0.6) is 0 Å². The molecule has 4 nitrogen and oxygen atoms in total. The molecule has 0 bridgehead atoms. The molecule has 1 aromatic carbocycles. The zero-order valence-corrected chi connectivity index (χ0v) is 14.6. The lowest BCUT2D eigenvalue weighted by Crippen LogP contribution is -2.13. The first-order chi connectivity index (χ1) is 12.3. The molecule has 1 fully saturated rings. The van der Waals surface area contributed by atoms with Gasteiger partial charge in [-0.25, -0.2) is 0 Å². The monoisotopic (exact) mass is 332 g/mol. The molecule has 1 aliphatic heterocycles. The maximum Gasteiger partial charge on any atom is 0.0834 e. The first-order valence-corrected chi connectivity index (χ1v) is 9.05. The van der Waals surface area contributed by atoms with Gasteiger partial charge in [-0.15, -0.1) is 0 Å². The Morgan fingerprint density at radius 3 is 3.04 bits per heavy atom. The summed E-state index contributed by atoms with van der Waals surface area (Å²) in [6.45, 7) is 3.81. The number of rotatable bonds is 6. The molecule has 2 N–H and O–H groups in total. The number of aromatic amines is 1. The minimum atomic E-state index is 0.628. The summed E-state index contributed by atoms with van der Waals surface area (Å²) in [5.74, 6) is 0.972. The first kappa shape index (κ1) is 15.9. The van der Waals surface area contributed by atoms with Gasteiger partial charge in [0.05, 0.1) is 24.2 Å². The van der Waals surface area contributed by atoms with Crippen molar-refractivity contribution in [1.29, 1.82) is 0 Å². The summed E-state index contributed by atoms with van der Waals surface area (Å²) in [4.78, 5) is 12.5. The van der Waals surface area contributed by atoms with Crippen LogP contribution in [0.3, 0.4) is 0 Å². The van der Waals surface area contributed by atoms with E-state index in [9.17, 15) is 0 Å². The van der Waals surface area contributed by atoms with E-state index in [1.54, 1.807) is 0 Å². The smallest absolute Gasteiger partial charge is 0.0834 e. The molecule has 4 rings (SSSR count). The molecule has 0 spiro atoms. The number of allylic oxidation sites excluding steroid dienone is 3. The molecule has 2 aliphatic rings. The number of nitrogens with one attached hydrogen (secondary N) is 2. The van der Waals surface area contributed by atoms with Crippen molar-refractivity contribution in [2.45, 2.75) is 26.2 Å². The minimum Gasteiger partial charge on any atom is -0.389 e. The Morgan fingerprint density at radius 1 is 1.32 bits per heavy atom. The van der Waals surface area contributed by atoms with Crippen LogP contribution in [0.25, 0.3) is 10.9 Å². The number of hydrogen-bond donors (Lipinski definition) is 2. The third kappa shape index (κ3) is 4.08. The molecule has 25 heavy (non-hydrogen) atoms. The standard InChI is InChI=1S/C21H24N4/c1-15(22-10-8-16-3-4-16)2-6-19-13-25-21(14-24-19)17-5-7-20-18(12-17)9-11-23-20/h2,5-7,9,11-12,14,16,22-23H,3-4,8,10,13H2,1H3/b15-2+,19-6+. The quantitative estimate of drug-likeness (QED) is 0.817. The second-order valence-electron chi connectivity index (χ2n) is 6.91. The van der Waals surface area contributed by atoms with Crippen LogP contribution >= 0.6 is 0 Å². The second-order valence-corrected chi connectivity index (χ2v) is 6.91. The molecule has 128 valence electrons. The SMILES string of the molecule is C/C(=C\C=C1/CN=C(c2ccc3[nH]ccc3c2)C=N1)NCCC1CC1. The number of nitrogens with zero attached hydrogens (tertiary/aromatic N) is 2. The van der Waals surface area contributed by atoms with Gasteiger partial charge in [-0.3, -0.25) is 9.98 Å². The molecule has 1 aromatic heterocycles. The van der Waals surface area contributed by atoms with E-state index >= 15 is 0 Å². The highest BCUT2D eigenvalue weighted by molar-refractivity contribution is 6.39. The van der Waals surface area contributed by atoms with Gasteiger partial charge in [-0.1, -0.05) is 18.9 Å². The Kier molecular flexibility index (Phi) is 4.51. The van der Waals surface area contributed by atoms with Gasteiger partial charge in [0, 0.05) is 34.9 Å². The summed E-state index contributed by atoms with van der Waals surface area (Å²) in [7, 11) is 0. The van der Waals surface area contributed by atoms with E-state index < -0.39 is 0 Å².